The smallest absolute Gasteiger partial charge is 0.196 e. The van der Waals surface area contributed by atoms with Crippen molar-refractivity contribution in [3.05, 3.63) is 59.7 Å². The van der Waals surface area contributed by atoms with Crippen LogP contribution in [0, 0.1) is 13.8 Å². The van der Waals surface area contributed by atoms with Crippen LogP contribution in [0.4, 0.5) is 0 Å². The van der Waals surface area contributed by atoms with Crippen molar-refractivity contribution in [1.29, 1.82) is 0 Å². The minimum atomic E-state index is -2.93. The second-order valence-electron chi connectivity index (χ2n) is 6.87. The van der Waals surface area contributed by atoms with Crippen LogP contribution in [0.15, 0.2) is 53.7 Å². The molecular weight excluding hydrogens is 378 g/mol. The van der Waals surface area contributed by atoms with Crippen LogP contribution in [0.25, 0.3) is 17.1 Å². The monoisotopic (exact) mass is 399 g/mol. The number of thioether (sulfide) groups is 1. The van der Waals surface area contributed by atoms with E-state index in [9.17, 15) is 8.42 Å². The zero-order valence-corrected chi connectivity index (χ0v) is 16.9. The van der Waals surface area contributed by atoms with E-state index in [1.165, 1.54) is 17.3 Å². The quantitative estimate of drug-likeness (QED) is 0.667. The van der Waals surface area contributed by atoms with Crippen LogP contribution in [0.1, 0.15) is 17.5 Å². The lowest BCUT2D eigenvalue weighted by atomic mass is 10.1. The van der Waals surface area contributed by atoms with E-state index in [1.807, 2.05) is 36.4 Å². The zero-order valence-electron chi connectivity index (χ0n) is 15.3. The molecule has 7 heteroatoms. The van der Waals surface area contributed by atoms with Crippen LogP contribution in [0.2, 0.25) is 0 Å². The number of aryl methyl sites for hydroxylation is 1. The van der Waals surface area contributed by atoms with Gasteiger partial charge in [0.2, 0.25) is 0 Å². The van der Waals surface area contributed by atoms with E-state index in [0.29, 0.717) is 6.42 Å². The Hall–Kier alpha value is -2.12. The minimum Gasteiger partial charge on any atom is -0.270 e. The van der Waals surface area contributed by atoms with Gasteiger partial charge in [0.1, 0.15) is 0 Å². The topological polar surface area (TPSA) is 64.8 Å². The number of benzene rings is 2. The summed E-state index contributed by atoms with van der Waals surface area (Å²) in [5, 5.41) is 9.65. The summed E-state index contributed by atoms with van der Waals surface area (Å²) in [6, 6.07) is 16.1. The maximum Gasteiger partial charge on any atom is 0.196 e. The Morgan fingerprint density at radius 2 is 1.81 bits per heavy atom. The number of hydrogen-bond acceptors (Lipinski definition) is 5. The number of hydrogen-bond donors (Lipinski definition) is 0. The molecule has 5 nitrogen and oxygen atoms in total. The van der Waals surface area contributed by atoms with Crippen molar-refractivity contribution in [1.82, 2.24) is 14.8 Å². The summed E-state index contributed by atoms with van der Waals surface area (Å²) >= 11 is 1.52. The molecule has 1 saturated heterocycles. The molecule has 0 saturated carbocycles. The Morgan fingerprint density at radius 3 is 2.52 bits per heavy atom. The fourth-order valence-corrected chi connectivity index (χ4v) is 6.82. The van der Waals surface area contributed by atoms with Gasteiger partial charge in [0, 0.05) is 10.8 Å². The molecule has 2 heterocycles. The second kappa shape index (κ2) is 7.13. The minimum absolute atomic E-state index is 0.0201. The molecule has 1 unspecified atom stereocenters. The highest BCUT2D eigenvalue weighted by molar-refractivity contribution is 8.01. The number of sulfone groups is 1. The first kappa shape index (κ1) is 18.3. The number of nitrogens with zero attached hydrogens (tertiary/aromatic N) is 3. The number of rotatable bonds is 4. The highest BCUT2D eigenvalue weighted by atomic mass is 32.2. The van der Waals surface area contributed by atoms with E-state index in [4.69, 9.17) is 0 Å². The summed E-state index contributed by atoms with van der Waals surface area (Å²) < 4.78 is 25.8. The molecule has 27 heavy (non-hydrogen) atoms. The first-order chi connectivity index (χ1) is 12.9. The van der Waals surface area contributed by atoms with Gasteiger partial charge in [0.05, 0.1) is 17.2 Å². The molecule has 1 atom stereocenters. The maximum absolute atomic E-state index is 11.9. The van der Waals surface area contributed by atoms with Gasteiger partial charge in [-0.1, -0.05) is 54.2 Å². The third kappa shape index (κ3) is 3.66. The van der Waals surface area contributed by atoms with Crippen LogP contribution >= 0.6 is 11.8 Å². The highest BCUT2D eigenvalue weighted by Crippen LogP contribution is 2.35. The summed E-state index contributed by atoms with van der Waals surface area (Å²) in [5.41, 5.74) is 4.37. The first-order valence-corrected chi connectivity index (χ1v) is 11.6. The molecule has 1 aliphatic rings. The fourth-order valence-electron chi connectivity index (χ4n) is 3.32. The molecular formula is C20H21N3O2S2. The van der Waals surface area contributed by atoms with Crippen LogP contribution < -0.4 is 0 Å². The van der Waals surface area contributed by atoms with Crippen LogP contribution in [-0.2, 0) is 9.84 Å². The molecule has 0 radical (unpaired) electrons. The van der Waals surface area contributed by atoms with E-state index < -0.39 is 9.84 Å². The summed E-state index contributed by atoms with van der Waals surface area (Å²) in [7, 11) is -2.93. The lowest BCUT2D eigenvalue weighted by Gasteiger charge is -2.15. The van der Waals surface area contributed by atoms with Crippen molar-refractivity contribution < 1.29 is 8.42 Å². The molecule has 1 fully saturated rings. The van der Waals surface area contributed by atoms with Gasteiger partial charge in [-0.2, -0.15) is 0 Å². The largest absolute Gasteiger partial charge is 0.270 e. The van der Waals surface area contributed by atoms with Crippen molar-refractivity contribution in [2.24, 2.45) is 0 Å². The van der Waals surface area contributed by atoms with Crippen LogP contribution in [0.5, 0.6) is 0 Å². The van der Waals surface area contributed by atoms with Crippen molar-refractivity contribution in [2.45, 2.75) is 30.7 Å². The molecule has 0 amide bonds. The van der Waals surface area contributed by atoms with Crippen LogP contribution in [-0.4, -0.2) is 39.9 Å². The molecule has 140 valence electrons. The van der Waals surface area contributed by atoms with Gasteiger partial charge < -0.3 is 0 Å². The lowest BCUT2D eigenvalue weighted by Crippen LogP contribution is -2.09. The summed E-state index contributed by atoms with van der Waals surface area (Å²) in [6.45, 7) is 4.18. The van der Waals surface area contributed by atoms with E-state index in [-0.39, 0.29) is 16.8 Å². The second-order valence-corrected chi connectivity index (χ2v) is 10.4. The highest BCUT2D eigenvalue weighted by Gasteiger charge is 2.31. The average Bonchev–Trinajstić information content (AvgIpc) is 3.21. The molecule has 2 aromatic carbocycles. The van der Waals surface area contributed by atoms with Gasteiger partial charge in [-0.3, -0.25) is 4.57 Å². The molecule has 0 spiro atoms. The van der Waals surface area contributed by atoms with Gasteiger partial charge in [0.25, 0.3) is 0 Å². The zero-order chi connectivity index (χ0) is 19.0. The molecule has 1 aliphatic heterocycles. The summed E-state index contributed by atoms with van der Waals surface area (Å²) in [5.74, 6) is 1.24. The Kier molecular flexibility index (Phi) is 4.82. The molecule has 1 aromatic heterocycles. The Morgan fingerprint density at radius 1 is 1.04 bits per heavy atom. The SMILES string of the molecule is Cc1cccc(-n2c(SC3CCS(=O)(=O)C3)nnc2-c2ccccc2)c1C. The first-order valence-electron chi connectivity index (χ1n) is 8.89. The number of aromatic nitrogens is 3. The average molecular weight is 400 g/mol. The van der Waals surface area contributed by atoms with E-state index in [2.05, 4.69) is 40.7 Å². The van der Waals surface area contributed by atoms with Gasteiger partial charge in [-0.25, -0.2) is 8.42 Å². The third-order valence-electron chi connectivity index (χ3n) is 4.95. The van der Waals surface area contributed by atoms with E-state index >= 15 is 0 Å². The third-order valence-corrected chi connectivity index (χ3v) is 8.13. The summed E-state index contributed by atoms with van der Waals surface area (Å²) in [6.07, 6.45) is 0.660. The van der Waals surface area contributed by atoms with Crippen LogP contribution in [0.3, 0.4) is 0 Å². The predicted octanol–water partition coefficient (Wildman–Crippen LogP) is 3.83. The van der Waals surface area contributed by atoms with Gasteiger partial charge in [-0.05, 0) is 37.5 Å². The Balaban J connectivity index is 1.83. The van der Waals surface area contributed by atoms with Gasteiger partial charge >= 0.3 is 0 Å². The van der Waals surface area contributed by atoms with E-state index in [0.717, 1.165) is 27.8 Å². The Bertz CT molecular complexity index is 1080. The molecule has 0 N–H and O–H groups in total. The van der Waals surface area contributed by atoms with Crippen molar-refractivity contribution in [3.63, 3.8) is 0 Å². The van der Waals surface area contributed by atoms with Crippen molar-refractivity contribution in [3.8, 4) is 17.1 Å². The van der Waals surface area contributed by atoms with Crippen molar-refractivity contribution in [2.75, 3.05) is 11.5 Å². The Labute approximate surface area is 163 Å². The molecule has 0 bridgehead atoms. The fraction of sp³-hybridized carbons (Fsp3) is 0.300. The lowest BCUT2D eigenvalue weighted by molar-refractivity contribution is 0.602. The van der Waals surface area contributed by atoms with Gasteiger partial charge in [0.15, 0.2) is 20.8 Å². The maximum atomic E-state index is 11.9. The molecule has 0 aliphatic carbocycles. The summed E-state index contributed by atoms with van der Waals surface area (Å²) in [4.78, 5) is 0. The molecule has 4 rings (SSSR count). The van der Waals surface area contributed by atoms with E-state index in [1.54, 1.807) is 0 Å². The normalized spacial score (nSPS) is 18.7. The molecule has 3 aromatic rings. The predicted molar refractivity (Wildman–Crippen MR) is 109 cm³/mol. The van der Waals surface area contributed by atoms with Crippen molar-refractivity contribution >= 4 is 21.6 Å². The standard InChI is InChI=1S/C20H21N3O2S2/c1-14-7-6-10-18(15(14)2)23-19(16-8-4-3-5-9-16)21-22-20(23)26-17-11-12-27(24,25)13-17/h3-10,17H,11-13H2,1-2H3. The van der Waals surface area contributed by atoms with Gasteiger partial charge in [-0.15, -0.1) is 10.2 Å².